The van der Waals surface area contributed by atoms with Crippen LogP contribution in [0.3, 0.4) is 0 Å². The molecule has 1 fully saturated rings. The third-order valence-electron chi connectivity index (χ3n) is 17.1. The monoisotopic (exact) mass is 1180 g/mol. The normalized spacial score (nSPS) is 17.1. The van der Waals surface area contributed by atoms with Crippen LogP contribution in [0.1, 0.15) is 311 Å². The quantitative estimate of drug-likeness (QED) is 0.0294. The van der Waals surface area contributed by atoms with Gasteiger partial charge in [0, 0.05) is 31.8 Å². The molecule has 0 aromatic rings. The Labute approximate surface area is 505 Å². The SMILES string of the molecule is CCCCCCCCC(CCCCCCCC)C(=O)OCCCCCCCN(CCCCCCCOC(=O)C(CCCCCCCC)CCCCCCCC)CCCCO[C@H]1O[C@@H](COC(C)=O)[C@H](CC(=O)O)[C@H](CC(=O)O)[C@@H]1CC(=O)O. The van der Waals surface area contributed by atoms with Crippen LogP contribution in [0.4, 0.5) is 0 Å². The van der Waals surface area contributed by atoms with E-state index in [0.717, 1.165) is 142 Å². The molecular weight excluding hydrogens is 1050 g/mol. The van der Waals surface area contributed by atoms with Crippen LogP contribution in [0.5, 0.6) is 0 Å². The Morgan fingerprint density at radius 2 is 0.699 bits per heavy atom. The third kappa shape index (κ3) is 43.1. The van der Waals surface area contributed by atoms with Gasteiger partial charge in [-0.1, -0.05) is 220 Å². The van der Waals surface area contributed by atoms with E-state index in [-0.39, 0.29) is 37.0 Å². The highest BCUT2D eigenvalue weighted by Gasteiger charge is 2.48. The zero-order valence-electron chi connectivity index (χ0n) is 53.7. The minimum atomic E-state index is -1.20. The highest BCUT2D eigenvalue weighted by Crippen LogP contribution is 2.42. The number of rotatable bonds is 60. The van der Waals surface area contributed by atoms with Crippen molar-refractivity contribution in [1.29, 1.82) is 0 Å². The first-order chi connectivity index (χ1) is 40.3. The number of hydrogen-bond acceptors (Lipinski definition) is 12. The van der Waals surface area contributed by atoms with E-state index in [1.807, 2.05) is 0 Å². The summed E-state index contributed by atoms with van der Waals surface area (Å²) in [4.78, 5) is 77.0. The molecule has 1 aliphatic rings. The van der Waals surface area contributed by atoms with Crippen LogP contribution in [-0.4, -0.2) is 114 Å². The van der Waals surface area contributed by atoms with E-state index in [2.05, 4.69) is 32.6 Å². The Bertz CT molecular complexity index is 1520. The fraction of sp³-hybridized carbons (Fsp3) is 0.912. The molecule has 1 rings (SSSR count). The van der Waals surface area contributed by atoms with Crippen LogP contribution in [0.25, 0.3) is 0 Å². The van der Waals surface area contributed by atoms with Crippen LogP contribution in [-0.2, 0) is 52.5 Å². The Morgan fingerprint density at radius 1 is 0.386 bits per heavy atom. The second-order valence-corrected chi connectivity index (χ2v) is 24.5. The summed E-state index contributed by atoms with van der Waals surface area (Å²) in [6.07, 6.45) is 41.0. The minimum absolute atomic E-state index is 0.000495. The predicted molar refractivity (Wildman–Crippen MR) is 331 cm³/mol. The van der Waals surface area contributed by atoms with Crippen molar-refractivity contribution >= 4 is 35.8 Å². The van der Waals surface area contributed by atoms with Crippen molar-refractivity contribution < 1.29 is 67.8 Å². The molecule has 0 aromatic heterocycles. The molecule has 0 radical (unpaired) electrons. The van der Waals surface area contributed by atoms with Crippen molar-refractivity contribution in [1.82, 2.24) is 4.90 Å². The fourth-order valence-electron chi connectivity index (χ4n) is 12.1. The average Bonchev–Trinajstić information content (AvgIpc) is 3.54. The van der Waals surface area contributed by atoms with Crippen molar-refractivity contribution in [3.63, 3.8) is 0 Å². The molecule has 0 unspecified atom stereocenters. The molecule has 5 atom stereocenters. The first kappa shape index (κ1) is 77.7. The van der Waals surface area contributed by atoms with Gasteiger partial charge in [0.05, 0.1) is 44.0 Å². The minimum Gasteiger partial charge on any atom is -0.481 e. The number of ether oxygens (including phenoxy) is 5. The van der Waals surface area contributed by atoms with Gasteiger partial charge >= 0.3 is 35.8 Å². The molecule has 3 N–H and O–H groups in total. The molecule has 0 bridgehead atoms. The summed E-state index contributed by atoms with van der Waals surface area (Å²) in [5, 5.41) is 29.5. The van der Waals surface area contributed by atoms with Crippen molar-refractivity contribution in [3.8, 4) is 0 Å². The summed E-state index contributed by atoms with van der Waals surface area (Å²) < 4.78 is 29.4. The summed E-state index contributed by atoms with van der Waals surface area (Å²) >= 11 is 0. The summed E-state index contributed by atoms with van der Waals surface area (Å²) in [6, 6.07) is 0. The lowest BCUT2D eigenvalue weighted by atomic mass is 9.71. The van der Waals surface area contributed by atoms with E-state index in [0.29, 0.717) is 19.6 Å². The van der Waals surface area contributed by atoms with Gasteiger partial charge in [0.15, 0.2) is 6.29 Å². The van der Waals surface area contributed by atoms with Crippen molar-refractivity contribution in [2.75, 3.05) is 46.1 Å². The molecule has 486 valence electrons. The van der Waals surface area contributed by atoms with Crippen LogP contribution in [0, 0.1) is 29.6 Å². The van der Waals surface area contributed by atoms with Gasteiger partial charge in [-0.25, -0.2) is 0 Å². The fourth-order valence-corrected chi connectivity index (χ4v) is 12.1. The van der Waals surface area contributed by atoms with E-state index in [4.69, 9.17) is 23.7 Å². The molecule has 15 heteroatoms. The second kappa shape index (κ2) is 54.1. The largest absolute Gasteiger partial charge is 0.481 e. The number of carbonyl (C=O) groups is 6. The van der Waals surface area contributed by atoms with Gasteiger partial charge in [-0.3, -0.25) is 28.8 Å². The molecular formula is C68H125NO14. The van der Waals surface area contributed by atoms with Crippen molar-refractivity contribution in [3.05, 3.63) is 0 Å². The number of hydrogen-bond donors (Lipinski definition) is 3. The van der Waals surface area contributed by atoms with Crippen molar-refractivity contribution in [2.45, 2.75) is 323 Å². The van der Waals surface area contributed by atoms with E-state index in [1.165, 1.54) is 135 Å². The number of esters is 3. The first-order valence-corrected chi connectivity index (χ1v) is 34.4. The molecule has 0 amide bonds. The Hall–Kier alpha value is -3.30. The Morgan fingerprint density at radius 3 is 1.07 bits per heavy atom. The molecule has 0 saturated carbocycles. The Kier molecular flexibility index (Phi) is 50.7. The molecule has 83 heavy (non-hydrogen) atoms. The average molecular weight is 1180 g/mol. The molecule has 1 aliphatic heterocycles. The molecule has 0 spiro atoms. The molecule has 0 aliphatic carbocycles. The third-order valence-corrected chi connectivity index (χ3v) is 17.1. The number of carboxylic acid groups (broad SMARTS) is 3. The number of nitrogens with zero attached hydrogens (tertiary/aromatic N) is 1. The molecule has 1 heterocycles. The lowest BCUT2D eigenvalue weighted by Crippen LogP contribution is -2.52. The van der Waals surface area contributed by atoms with E-state index in [9.17, 15) is 44.1 Å². The number of carboxylic acids is 3. The molecule has 15 nitrogen and oxygen atoms in total. The van der Waals surface area contributed by atoms with Gasteiger partial charge in [-0.05, 0) is 89.8 Å². The number of aliphatic carboxylic acids is 3. The van der Waals surface area contributed by atoms with E-state index in [1.54, 1.807) is 0 Å². The second-order valence-electron chi connectivity index (χ2n) is 24.5. The Balaban J connectivity index is 2.87. The highest BCUT2D eigenvalue weighted by molar-refractivity contribution is 5.73. The maximum Gasteiger partial charge on any atom is 0.308 e. The standard InChI is InChI=1S/C68H125NO14/c1-6-10-14-18-24-32-42-57(43-33-25-19-15-11-7-2)66(77)79-49-39-30-22-28-36-46-69(47-37-29-23-31-40-50-80-67(78)58(44-34-26-20-16-12-8-3)45-35-27-21-17-13-9-4)48-38-41-51-81-68-61(54-65(75)76)59(52-63(71)72)60(53-64(73)74)62(83-68)55-82-56(5)70/h57-62,68H,6-55H2,1-5H3,(H,71,72)(H,73,74)(H,75,76)/t59-,60+,61-,62-,68-/m0/s1. The van der Waals surface area contributed by atoms with Crippen LogP contribution >= 0.6 is 0 Å². The lowest BCUT2D eigenvalue weighted by Gasteiger charge is -2.45. The van der Waals surface area contributed by atoms with Crippen LogP contribution in [0.15, 0.2) is 0 Å². The lowest BCUT2D eigenvalue weighted by molar-refractivity contribution is -0.266. The van der Waals surface area contributed by atoms with Gasteiger partial charge in [-0.15, -0.1) is 0 Å². The summed E-state index contributed by atoms with van der Waals surface area (Å²) in [5.74, 6) is -6.90. The number of unbranched alkanes of at least 4 members (excludes halogenated alkanes) is 29. The van der Waals surface area contributed by atoms with Gasteiger partial charge < -0.3 is 43.9 Å². The maximum atomic E-state index is 13.3. The summed E-state index contributed by atoms with van der Waals surface area (Å²) in [5.41, 5.74) is 0. The summed E-state index contributed by atoms with van der Waals surface area (Å²) in [7, 11) is 0. The van der Waals surface area contributed by atoms with Gasteiger partial charge in [0.25, 0.3) is 0 Å². The topological polar surface area (TPSA) is 212 Å². The highest BCUT2D eigenvalue weighted by atomic mass is 16.7. The molecule has 0 aromatic carbocycles. The van der Waals surface area contributed by atoms with Crippen LogP contribution in [0.2, 0.25) is 0 Å². The first-order valence-electron chi connectivity index (χ1n) is 34.4. The van der Waals surface area contributed by atoms with Gasteiger partial charge in [0.2, 0.25) is 0 Å². The van der Waals surface area contributed by atoms with Crippen LogP contribution < -0.4 is 0 Å². The number of carbonyl (C=O) groups excluding carboxylic acids is 3. The zero-order valence-corrected chi connectivity index (χ0v) is 53.7. The van der Waals surface area contributed by atoms with Gasteiger partial charge in [-0.2, -0.15) is 0 Å². The molecule has 1 saturated heterocycles. The van der Waals surface area contributed by atoms with E-state index < -0.39 is 73.3 Å². The van der Waals surface area contributed by atoms with Crippen molar-refractivity contribution in [2.24, 2.45) is 29.6 Å². The zero-order chi connectivity index (χ0) is 61.0. The van der Waals surface area contributed by atoms with Gasteiger partial charge in [0.1, 0.15) is 6.61 Å². The predicted octanol–water partition coefficient (Wildman–Crippen LogP) is 16.9. The smallest absolute Gasteiger partial charge is 0.308 e. The summed E-state index contributed by atoms with van der Waals surface area (Å²) in [6.45, 7) is 13.7. The maximum absolute atomic E-state index is 13.3. The van der Waals surface area contributed by atoms with E-state index >= 15 is 0 Å².